The first-order chi connectivity index (χ1) is 33.5. The van der Waals surface area contributed by atoms with E-state index in [1.54, 1.807) is 21.1 Å². The van der Waals surface area contributed by atoms with Gasteiger partial charge < -0.3 is 44.6 Å². The van der Waals surface area contributed by atoms with E-state index in [1.807, 2.05) is 47.5 Å². The van der Waals surface area contributed by atoms with Gasteiger partial charge in [0.25, 0.3) is 0 Å². The van der Waals surface area contributed by atoms with Crippen molar-refractivity contribution < 1.29 is 33.4 Å². The first-order valence-electron chi connectivity index (χ1n) is 24.1. The summed E-state index contributed by atoms with van der Waals surface area (Å²) in [5, 5.41) is 16.7. The van der Waals surface area contributed by atoms with Crippen molar-refractivity contribution in [3.63, 3.8) is 0 Å². The summed E-state index contributed by atoms with van der Waals surface area (Å²) < 4.78 is 18.8. The Bertz CT molecular complexity index is 2460. The molecule has 0 bridgehead atoms. The van der Waals surface area contributed by atoms with Gasteiger partial charge in [-0.25, -0.2) is 4.79 Å². The second kappa shape index (κ2) is 25.8. The fourth-order valence-corrected chi connectivity index (χ4v) is 11.3. The van der Waals surface area contributed by atoms with E-state index in [9.17, 15) is 24.0 Å². The molecule has 2 atom stereocenters. The topological polar surface area (TPSA) is 218 Å². The van der Waals surface area contributed by atoms with Crippen molar-refractivity contribution in [1.82, 2.24) is 45.2 Å². The monoisotopic (exact) mass is 1010 g/mol. The van der Waals surface area contributed by atoms with Gasteiger partial charge in [0.1, 0.15) is 16.9 Å². The largest absolute Gasteiger partial charge is 0.379 e. The molecular formula is C48H65ClN10O8S2. The standard InChI is InChI=1S/C48H65ClN10O8S2/c1-31-32(2)69-47-43(31)44(34-13-15-35(49)16-14-34)52-36(46-56-55-33(3)59(46)47)29-42(63)58-21-19-57(20-22-58)41(62)12-6-11-40(61)51-18-8-24-66-26-28-67-27-25-65-23-7-17-50-39(60)10-5-4-9-38-45-37(30-68-38)53-48(64)54-45/h13-16,36,38H,4-12,17-30H2,1-3H3,(H,50,60)(H,51,61)(H2,53,54,64). The van der Waals surface area contributed by atoms with Crippen molar-refractivity contribution >= 4 is 64.0 Å². The summed E-state index contributed by atoms with van der Waals surface area (Å²) in [6.45, 7) is 11.7. The lowest BCUT2D eigenvalue weighted by atomic mass is 9.99. The van der Waals surface area contributed by atoms with Gasteiger partial charge in [-0.05, 0) is 70.6 Å². The number of nitrogens with zero attached hydrogens (tertiary/aromatic N) is 6. The van der Waals surface area contributed by atoms with Crippen LogP contribution in [0.15, 0.2) is 34.1 Å². The Hall–Kier alpha value is -4.86. The Kier molecular flexibility index (Phi) is 19.5. The number of amides is 4. The van der Waals surface area contributed by atoms with Gasteiger partial charge in [0.05, 0.1) is 44.3 Å². The lowest BCUT2D eigenvalue weighted by Crippen LogP contribution is -2.50. The molecular weight excluding hydrogens is 944 g/mol. The highest BCUT2D eigenvalue weighted by molar-refractivity contribution is 7.99. The molecule has 4 N–H and O–H groups in total. The third-order valence-corrected chi connectivity index (χ3v) is 15.3. The second-order valence-corrected chi connectivity index (χ2v) is 20.3. The van der Waals surface area contributed by atoms with Gasteiger partial charge in [-0.3, -0.25) is 28.7 Å². The summed E-state index contributed by atoms with van der Waals surface area (Å²) in [5.41, 5.74) is 5.71. The van der Waals surface area contributed by atoms with Gasteiger partial charge in [-0.2, -0.15) is 0 Å². The van der Waals surface area contributed by atoms with E-state index >= 15 is 0 Å². The molecule has 18 nitrogen and oxygen atoms in total. The van der Waals surface area contributed by atoms with E-state index in [0.29, 0.717) is 114 Å². The summed E-state index contributed by atoms with van der Waals surface area (Å²) in [5.74, 6) is 2.06. The van der Waals surface area contributed by atoms with Crippen LogP contribution >= 0.6 is 34.7 Å². The highest BCUT2D eigenvalue weighted by atomic mass is 35.5. The number of ether oxygens (including phenoxy) is 3. The first-order valence-corrected chi connectivity index (χ1v) is 26.3. The number of imidazole rings is 1. The highest BCUT2D eigenvalue weighted by Crippen LogP contribution is 2.42. The lowest BCUT2D eigenvalue weighted by Gasteiger charge is -2.35. The number of aryl methyl sites for hydroxylation is 2. The van der Waals surface area contributed by atoms with Crippen molar-refractivity contribution in [3.05, 3.63) is 84.4 Å². The quantitative estimate of drug-likeness (QED) is 0.0563. The van der Waals surface area contributed by atoms with Crippen molar-refractivity contribution in [2.45, 2.75) is 102 Å². The van der Waals surface area contributed by atoms with Crippen LogP contribution in [0.25, 0.3) is 5.00 Å². The molecule has 0 saturated carbocycles. The van der Waals surface area contributed by atoms with Crippen LogP contribution in [0.3, 0.4) is 0 Å². The number of H-pyrrole nitrogens is 2. The van der Waals surface area contributed by atoms with Gasteiger partial charge in [0, 0.05) is 109 Å². The molecule has 1 saturated heterocycles. The van der Waals surface area contributed by atoms with Gasteiger partial charge in [-0.1, -0.05) is 30.2 Å². The van der Waals surface area contributed by atoms with Crippen LogP contribution < -0.4 is 16.3 Å². The number of rotatable bonds is 26. The maximum atomic E-state index is 13.9. The second-order valence-electron chi connectivity index (χ2n) is 17.5. The summed E-state index contributed by atoms with van der Waals surface area (Å²) in [6, 6.07) is 7.04. The Morgan fingerprint density at radius 3 is 2.06 bits per heavy atom. The van der Waals surface area contributed by atoms with Crippen molar-refractivity contribution in [2.75, 3.05) is 78.9 Å². The van der Waals surface area contributed by atoms with E-state index in [4.69, 9.17) is 30.8 Å². The predicted octanol–water partition coefficient (Wildman–Crippen LogP) is 5.66. The number of nitrogens with one attached hydrogen (secondary N) is 4. The molecule has 0 aliphatic carbocycles. The van der Waals surface area contributed by atoms with Crippen LogP contribution in [0.2, 0.25) is 5.02 Å². The van der Waals surface area contributed by atoms with E-state index in [2.05, 4.69) is 44.6 Å². The van der Waals surface area contributed by atoms with Crippen molar-refractivity contribution in [2.24, 2.45) is 4.99 Å². The average molecular weight is 1010 g/mol. The number of piperazine rings is 1. The Morgan fingerprint density at radius 2 is 1.39 bits per heavy atom. The number of carbonyl (C=O) groups excluding carboxylic acids is 4. The van der Waals surface area contributed by atoms with Crippen LogP contribution in [-0.4, -0.2) is 143 Å². The van der Waals surface area contributed by atoms with Crippen molar-refractivity contribution in [1.29, 1.82) is 0 Å². The first kappa shape index (κ1) is 52.0. The zero-order valence-electron chi connectivity index (χ0n) is 39.9. The van der Waals surface area contributed by atoms with Gasteiger partial charge in [0.15, 0.2) is 5.82 Å². The third kappa shape index (κ3) is 14.4. The fourth-order valence-electron chi connectivity index (χ4n) is 8.65. The molecule has 0 radical (unpaired) electrons. The normalized spacial score (nSPS) is 16.4. The fraction of sp³-hybridized carbons (Fsp3) is 0.583. The Morgan fingerprint density at radius 1 is 0.768 bits per heavy atom. The number of halogens is 1. The smallest absolute Gasteiger partial charge is 0.323 e. The minimum absolute atomic E-state index is 0.0191. The molecule has 3 aliphatic rings. The molecule has 1 aromatic carbocycles. The SMILES string of the molecule is Cc1sc2c(c1C)C(c1ccc(Cl)cc1)=NC(CC(=O)N1CCN(C(=O)CCCC(=O)NCCCOCCOCCOCCCNC(=O)CCCCC3SCc4[nH]c(=O)[nH]c43)CC1)c1nnc(C)n1-2. The molecule has 7 rings (SSSR count). The molecule has 3 aromatic heterocycles. The van der Waals surface area contributed by atoms with Gasteiger partial charge in [-0.15, -0.1) is 33.3 Å². The number of fused-ring (bicyclic) bond motifs is 4. The lowest BCUT2D eigenvalue weighted by molar-refractivity contribution is -0.140. The number of hydrogen-bond acceptors (Lipinski definition) is 13. The van der Waals surface area contributed by atoms with Crippen LogP contribution in [0, 0.1) is 20.8 Å². The van der Waals surface area contributed by atoms with E-state index in [1.165, 1.54) is 4.88 Å². The molecule has 374 valence electrons. The molecule has 2 unspecified atom stereocenters. The number of carbonyl (C=O) groups is 4. The van der Waals surface area contributed by atoms with Crippen LogP contribution in [0.4, 0.5) is 0 Å². The number of thiophene rings is 1. The molecule has 6 heterocycles. The zero-order chi connectivity index (χ0) is 48.7. The molecule has 21 heteroatoms. The van der Waals surface area contributed by atoms with Crippen molar-refractivity contribution in [3.8, 4) is 5.00 Å². The molecule has 4 amide bonds. The number of aromatic nitrogens is 5. The summed E-state index contributed by atoms with van der Waals surface area (Å²) >= 11 is 9.74. The minimum Gasteiger partial charge on any atom is -0.379 e. The molecule has 0 spiro atoms. The zero-order valence-corrected chi connectivity index (χ0v) is 42.3. The predicted molar refractivity (Wildman–Crippen MR) is 267 cm³/mol. The number of unbranched alkanes of at least 4 members (excludes halogenated alkanes) is 1. The molecule has 1 fully saturated rings. The van der Waals surface area contributed by atoms with Gasteiger partial charge >= 0.3 is 5.69 Å². The summed E-state index contributed by atoms with van der Waals surface area (Å²) in [6.07, 6.45) is 5.67. The number of aliphatic imine (C=N–C) groups is 1. The molecule has 4 aromatic rings. The highest BCUT2D eigenvalue weighted by Gasteiger charge is 2.34. The maximum Gasteiger partial charge on any atom is 0.323 e. The number of benzene rings is 1. The van der Waals surface area contributed by atoms with Crippen LogP contribution in [-0.2, 0) is 39.1 Å². The van der Waals surface area contributed by atoms with Crippen LogP contribution in [0.1, 0.15) is 120 Å². The molecule has 69 heavy (non-hydrogen) atoms. The van der Waals surface area contributed by atoms with E-state index in [0.717, 1.165) is 76.1 Å². The Labute approximate surface area is 416 Å². The van der Waals surface area contributed by atoms with E-state index in [-0.39, 0.29) is 48.6 Å². The third-order valence-electron chi connectivity index (χ3n) is 12.5. The Balaban J connectivity index is 0.679. The average Bonchev–Trinajstić information content (AvgIpc) is 4.07. The number of thioether (sulfide) groups is 1. The van der Waals surface area contributed by atoms with E-state index < -0.39 is 6.04 Å². The summed E-state index contributed by atoms with van der Waals surface area (Å²) in [4.78, 5) is 78.7. The maximum absolute atomic E-state index is 13.9. The van der Waals surface area contributed by atoms with Crippen LogP contribution in [0.5, 0.6) is 0 Å². The molecule has 3 aliphatic heterocycles. The minimum atomic E-state index is -0.565. The summed E-state index contributed by atoms with van der Waals surface area (Å²) in [7, 11) is 0. The van der Waals surface area contributed by atoms with Gasteiger partial charge in [0.2, 0.25) is 23.6 Å². The number of hydrogen-bond donors (Lipinski definition) is 4. The number of aromatic amines is 2.